The van der Waals surface area contributed by atoms with Gasteiger partial charge in [0, 0.05) is 13.2 Å². The van der Waals surface area contributed by atoms with Crippen molar-refractivity contribution in [2.24, 2.45) is 5.10 Å². The predicted molar refractivity (Wildman–Crippen MR) is 66.4 cm³/mol. The summed E-state index contributed by atoms with van der Waals surface area (Å²) in [5.41, 5.74) is 2.11. The van der Waals surface area contributed by atoms with E-state index in [0.29, 0.717) is 18.9 Å². The van der Waals surface area contributed by atoms with Crippen LogP contribution in [0.2, 0.25) is 0 Å². The fraction of sp³-hybridized carbons (Fsp3) is 0.417. The molecule has 1 aliphatic rings. The van der Waals surface area contributed by atoms with Crippen molar-refractivity contribution in [1.82, 2.24) is 10.7 Å². The summed E-state index contributed by atoms with van der Waals surface area (Å²) in [6.45, 7) is 1.05. The van der Waals surface area contributed by atoms with Gasteiger partial charge in [-0.1, -0.05) is 0 Å². The largest absolute Gasteiger partial charge is 0.463 e. The number of nitrogens with zero attached hydrogens (tertiary/aromatic N) is 1. The molecule has 1 aromatic rings. The highest BCUT2D eigenvalue weighted by Gasteiger charge is 2.18. The summed E-state index contributed by atoms with van der Waals surface area (Å²) in [7, 11) is 0. The summed E-state index contributed by atoms with van der Waals surface area (Å²) in [6.07, 6.45) is 4.69. The number of furan rings is 1. The van der Waals surface area contributed by atoms with E-state index in [2.05, 4.69) is 15.8 Å². The number of carbonyl (C=O) groups excluding carboxylic acids is 2. The fourth-order valence-electron chi connectivity index (χ4n) is 1.66. The molecule has 1 saturated heterocycles. The zero-order chi connectivity index (χ0) is 13.5. The third-order valence-electron chi connectivity index (χ3n) is 2.62. The Hall–Kier alpha value is -2.15. The summed E-state index contributed by atoms with van der Waals surface area (Å²) >= 11 is 0. The van der Waals surface area contributed by atoms with Crippen LogP contribution in [0.4, 0.5) is 0 Å². The molecular formula is C12H15N3O4. The van der Waals surface area contributed by atoms with Crippen molar-refractivity contribution < 1.29 is 18.7 Å². The van der Waals surface area contributed by atoms with Gasteiger partial charge in [0.25, 0.3) is 0 Å². The number of carbonyl (C=O) groups is 2. The third-order valence-corrected chi connectivity index (χ3v) is 2.62. The van der Waals surface area contributed by atoms with Gasteiger partial charge >= 0.3 is 11.8 Å². The minimum atomic E-state index is -0.819. The van der Waals surface area contributed by atoms with Crippen molar-refractivity contribution in [2.75, 3.05) is 13.2 Å². The highest BCUT2D eigenvalue weighted by molar-refractivity contribution is 6.35. The normalized spacial score (nSPS) is 18.6. The van der Waals surface area contributed by atoms with Crippen LogP contribution in [-0.4, -0.2) is 37.3 Å². The number of amides is 2. The van der Waals surface area contributed by atoms with Crippen molar-refractivity contribution in [3.63, 3.8) is 0 Å². The van der Waals surface area contributed by atoms with Crippen LogP contribution in [0.25, 0.3) is 0 Å². The van der Waals surface area contributed by atoms with Gasteiger partial charge in [-0.2, -0.15) is 5.10 Å². The number of hydrogen-bond donors (Lipinski definition) is 2. The van der Waals surface area contributed by atoms with Gasteiger partial charge in [0.2, 0.25) is 0 Å². The van der Waals surface area contributed by atoms with E-state index in [1.54, 1.807) is 12.1 Å². The van der Waals surface area contributed by atoms with Gasteiger partial charge in [-0.25, -0.2) is 5.43 Å². The first-order valence-electron chi connectivity index (χ1n) is 6.02. The molecule has 0 aliphatic carbocycles. The molecule has 7 nitrogen and oxygen atoms in total. The van der Waals surface area contributed by atoms with Crippen LogP contribution in [0.5, 0.6) is 0 Å². The van der Waals surface area contributed by atoms with Gasteiger partial charge in [-0.05, 0) is 25.0 Å². The lowest BCUT2D eigenvalue weighted by atomic mass is 10.2. The Labute approximate surface area is 110 Å². The van der Waals surface area contributed by atoms with E-state index in [9.17, 15) is 9.59 Å². The van der Waals surface area contributed by atoms with Crippen LogP contribution in [0.15, 0.2) is 27.9 Å². The van der Waals surface area contributed by atoms with Crippen LogP contribution < -0.4 is 10.7 Å². The van der Waals surface area contributed by atoms with Gasteiger partial charge < -0.3 is 14.5 Å². The Morgan fingerprint density at radius 3 is 3.05 bits per heavy atom. The average Bonchev–Trinajstić information content (AvgIpc) is 3.08. The molecule has 0 saturated carbocycles. The molecule has 2 heterocycles. The predicted octanol–water partition coefficient (Wildman–Crippen LogP) is 0.0249. The molecule has 102 valence electrons. The maximum absolute atomic E-state index is 11.4. The molecule has 1 atom stereocenters. The monoisotopic (exact) mass is 265 g/mol. The second-order valence-electron chi connectivity index (χ2n) is 4.06. The molecule has 0 radical (unpaired) electrons. The van der Waals surface area contributed by atoms with Crippen molar-refractivity contribution >= 4 is 18.0 Å². The molecule has 0 bridgehead atoms. The second kappa shape index (κ2) is 6.69. The Bertz CT molecular complexity index is 450. The van der Waals surface area contributed by atoms with Gasteiger partial charge in [0.1, 0.15) is 5.76 Å². The highest BCUT2D eigenvalue weighted by atomic mass is 16.5. The number of rotatable bonds is 4. The topological polar surface area (TPSA) is 92.9 Å². The van der Waals surface area contributed by atoms with E-state index in [4.69, 9.17) is 9.15 Å². The zero-order valence-corrected chi connectivity index (χ0v) is 10.3. The van der Waals surface area contributed by atoms with Gasteiger partial charge in [0.15, 0.2) is 0 Å². The number of hydrogen-bond acceptors (Lipinski definition) is 5. The van der Waals surface area contributed by atoms with Gasteiger partial charge in [-0.3, -0.25) is 9.59 Å². The molecule has 2 N–H and O–H groups in total. The summed E-state index contributed by atoms with van der Waals surface area (Å²) in [6, 6.07) is 3.37. The Balaban J connectivity index is 1.68. The lowest BCUT2D eigenvalue weighted by molar-refractivity contribution is -0.139. The first-order valence-corrected chi connectivity index (χ1v) is 6.02. The van der Waals surface area contributed by atoms with Gasteiger partial charge in [-0.15, -0.1) is 0 Å². The third kappa shape index (κ3) is 4.22. The van der Waals surface area contributed by atoms with Gasteiger partial charge in [0.05, 0.1) is 18.6 Å². The molecule has 2 amide bonds. The number of nitrogens with one attached hydrogen (secondary N) is 2. The van der Waals surface area contributed by atoms with Crippen molar-refractivity contribution in [1.29, 1.82) is 0 Å². The van der Waals surface area contributed by atoms with Crippen LogP contribution >= 0.6 is 0 Å². The standard InChI is InChI=1S/C12H15N3O4/c16-11(13-7-9-3-1-5-18-9)12(17)15-14-8-10-4-2-6-19-10/h2,4,6,8-9H,1,3,5,7H2,(H,13,16)(H,15,17)/b14-8+. The van der Waals surface area contributed by atoms with Crippen LogP contribution in [0.3, 0.4) is 0 Å². The first kappa shape index (κ1) is 13.3. The van der Waals surface area contributed by atoms with E-state index in [1.807, 2.05) is 0 Å². The van der Waals surface area contributed by atoms with E-state index in [-0.39, 0.29) is 6.10 Å². The highest BCUT2D eigenvalue weighted by Crippen LogP contribution is 2.10. The second-order valence-corrected chi connectivity index (χ2v) is 4.06. The summed E-state index contributed by atoms with van der Waals surface area (Å²) in [5, 5.41) is 6.10. The molecule has 2 rings (SSSR count). The number of ether oxygens (including phenoxy) is 1. The molecule has 19 heavy (non-hydrogen) atoms. The fourth-order valence-corrected chi connectivity index (χ4v) is 1.66. The Kier molecular flexibility index (Phi) is 4.68. The van der Waals surface area contributed by atoms with Crippen molar-refractivity contribution in [3.8, 4) is 0 Å². The van der Waals surface area contributed by atoms with E-state index in [0.717, 1.165) is 12.8 Å². The Morgan fingerprint density at radius 1 is 1.47 bits per heavy atom. The summed E-state index contributed by atoms with van der Waals surface area (Å²) in [5.74, 6) is -1.06. The molecule has 1 unspecified atom stereocenters. The van der Waals surface area contributed by atoms with E-state index in [1.165, 1.54) is 12.5 Å². The lowest BCUT2D eigenvalue weighted by Crippen LogP contribution is -2.41. The van der Waals surface area contributed by atoms with Crippen LogP contribution in [-0.2, 0) is 14.3 Å². The molecule has 1 fully saturated rings. The van der Waals surface area contributed by atoms with E-state index >= 15 is 0 Å². The SMILES string of the molecule is O=C(NCC1CCCO1)C(=O)N/N=C/c1ccco1. The minimum Gasteiger partial charge on any atom is -0.463 e. The molecule has 1 aliphatic heterocycles. The quantitative estimate of drug-likeness (QED) is 0.456. The lowest BCUT2D eigenvalue weighted by Gasteiger charge is -2.09. The van der Waals surface area contributed by atoms with E-state index < -0.39 is 11.8 Å². The smallest absolute Gasteiger partial charge is 0.329 e. The molecule has 7 heteroatoms. The maximum Gasteiger partial charge on any atom is 0.329 e. The summed E-state index contributed by atoms with van der Waals surface area (Å²) < 4.78 is 10.3. The average molecular weight is 265 g/mol. The van der Waals surface area contributed by atoms with Crippen LogP contribution in [0.1, 0.15) is 18.6 Å². The molecule has 0 spiro atoms. The number of hydrazone groups is 1. The zero-order valence-electron chi connectivity index (χ0n) is 10.3. The Morgan fingerprint density at radius 2 is 2.37 bits per heavy atom. The minimum absolute atomic E-state index is 0.00312. The first-order chi connectivity index (χ1) is 9.25. The van der Waals surface area contributed by atoms with Crippen LogP contribution in [0, 0.1) is 0 Å². The van der Waals surface area contributed by atoms with Crippen molar-refractivity contribution in [2.45, 2.75) is 18.9 Å². The molecule has 1 aromatic heterocycles. The molecular weight excluding hydrogens is 250 g/mol. The maximum atomic E-state index is 11.4. The molecule has 0 aromatic carbocycles. The summed E-state index contributed by atoms with van der Waals surface area (Å²) in [4.78, 5) is 22.8. The van der Waals surface area contributed by atoms with Crippen molar-refractivity contribution in [3.05, 3.63) is 24.2 Å².